The van der Waals surface area contributed by atoms with Crippen LogP contribution in [-0.4, -0.2) is 38.7 Å². The lowest BCUT2D eigenvalue weighted by Crippen LogP contribution is -2.40. The highest BCUT2D eigenvalue weighted by atomic mass is 32.1. The number of carbonyl (C=O) groups excluding carboxylic acids is 1. The predicted molar refractivity (Wildman–Crippen MR) is 124 cm³/mol. The van der Waals surface area contributed by atoms with Gasteiger partial charge in [0.2, 0.25) is 5.91 Å². The molecule has 0 radical (unpaired) electrons. The second-order valence-corrected chi connectivity index (χ2v) is 9.80. The molecule has 1 unspecified atom stereocenters. The van der Waals surface area contributed by atoms with Crippen LogP contribution in [0.4, 0.5) is 22.0 Å². The Morgan fingerprint density at radius 2 is 1.92 bits per heavy atom. The van der Waals surface area contributed by atoms with E-state index in [1.807, 2.05) is 5.38 Å². The number of piperidine rings is 1. The number of alkyl halides is 3. The standard InChI is InChI=1S/C24H22F5N5O2S/c1-13-9-20(24(27,28)29)31-34(13)11-21(35)33-7-5-14(6-8-33)23-30-18(12-37-23)17-10-19(36-32-17)22-15(25)3-2-4-16(22)26/h2-4,9-10,12,14,19,32H,5-8,11H2,1H3. The lowest BCUT2D eigenvalue weighted by molar-refractivity contribution is -0.142. The summed E-state index contributed by atoms with van der Waals surface area (Å²) in [6, 6.07) is 4.55. The summed E-state index contributed by atoms with van der Waals surface area (Å²) in [6.45, 7) is 2.13. The van der Waals surface area contributed by atoms with Gasteiger partial charge in [0.1, 0.15) is 24.3 Å². The van der Waals surface area contributed by atoms with Crippen LogP contribution in [0.15, 0.2) is 35.7 Å². The van der Waals surface area contributed by atoms with Gasteiger partial charge in [0, 0.05) is 30.1 Å². The first-order chi connectivity index (χ1) is 17.6. The minimum atomic E-state index is -4.56. The Kier molecular flexibility index (Phi) is 6.75. The number of aryl methyl sites for hydroxylation is 1. The van der Waals surface area contributed by atoms with Crippen molar-refractivity contribution in [2.45, 2.75) is 44.5 Å². The van der Waals surface area contributed by atoms with Crippen LogP contribution >= 0.6 is 11.3 Å². The number of rotatable bonds is 5. The SMILES string of the molecule is Cc1cc(C(F)(F)F)nn1CC(=O)N1CCC(c2nc(C3=CC(c4c(F)cccc4F)ON3)cs2)CC1. The van der Waals surface area contributed by atoms with E-state index < -0.39 is 29.6 Å². The number of benzene rings is 1. The monoisotopic (exact) mass is 539 g/mol. The van der Waals surface area contributed by atoms with E-state index >= 15 is 0 Å². The summed E-state index contributed by atoms with van der Waals surface area (Å²) in [4.78, 5) is 24.3. The molecule has 1 fully saturated rings. The van der Waals surface area contributed by atoms with Gasteiger partial charge in [-0.1, -0.05) is 6.07 Å². The van der Waals surface area contributed by atoms with Crippen molar-refractivity contribution in [2.24, 2.45) is 0 Å². The van der Waals surface area contributed by atoms with Gasteiger partial charge < -0.3 is 4.90 Å². The zero-order valence-electron chi connectivity index (χ0n) is 19.6. The second-order valence-electron chi connectivity index (χ2n) is 8.91. The number of nitrogens with zero attached hydrogens (tertiary/aromatic N) is 4. The van der Waals surface area contributed by atoms with Gasteiger partial charge in [-0.15, -0.1) is 11.3 Å². The van der Waals surface area contributed by atoms with E-state index in [2.05, 4.69) is 15.6 Å². The Balaban J connectivity index is 1.19. The number of carbonyl (C=O) groups is 1. The van der Waals surface area contributed by atoms with Gasteiger partial charge in [0.05, 0.1) is 22.0 Å². The Bertz CT molecular complexity index is 1320. The molecule has 0 spiro atoms. The molecule has 0 aliphatic carbocycles. The van der Waals surface area contributed by atoms with E-state index in [1.165, 1.54) is 36.5 Å². The molecule has 37 heavy (non-hydrogen) atoms. The molecule has 1 saturated heterocycles. The summed E-state index contributed by atoms with van der Waals surface area (Å²) in [5.74, 6) is -1.59. The van der Waals surface area contributed by atoms with Crippen molar-refractivity contribution in [3.63, 3.8) is 0 Å². The van der Waals surface area contributed by atoms with Crippen molar-refractivity contribution >= 4 is 22.9 Å². The third kappa shape index (κ3) is 5.23. The molecule has 1 aromatic carbocycles. The van der Waals surface area contributed by atoms with Crippen LogP contribution in [0, 0.1) is 18.6 Å². The maximum atomic E-state index is 14.1. The molecule has 1 amide bonds. The molecule has 2 aliphatic rings. The fourth-order valence-electron chi connectivity index (χ4n) is 4.42. The normalized spacial score (nSPS) is 18.7. The topological polar surface area (TPSA) is 72.3 Å². The van der Waals surface area contributed by atoms with Gasteiger partial charge in [-0.3, -0.25) is 19.8 Å². The molecule has 4 heterocycles. The number of halogens is 5. The van der Waals surface area contributed by atoms with Crippen LogP contribution in [0.1, 0.15) is 52.5 Å². The van der Waals surface area contributed by atoms with Crippen LogP contribution in [0.3, 0.4) is 0 Å². The van der Waals surface area contributed by atoms with E-state index in [-0.39, 0.29) is 29.6 Å². The van der Waals surface area contributed by atoms with Crippen molar-refractivity contribution in [3.8, 4) is 0 Å². The molecular weight excluding hydrogens is 517 g/mol. The van der Waals surface area contributed by atoms with E-state index in [0.717, 1.165) is 15.8 Å². The largest absolute Gasteiger partial charge is 0.435 e. The molecule has 0 bridgehead atoms. The maximum absolute atomic E-state index is 14.1. The summed E-state index contributed by atoms with van der Waals surface area (Å²) < 4.78 is 67.9. The first kappa shape index (κ1) is 25.3. The highest BCUT2D eigenvalue weighted by Crippen LogP contribution is 2.35. The van der Waals surface area contributed by atoms with Crippen molar-refractivity contribution in [1.29, 1.82) is 0 Å². The lowest BCUT2D eigenvalue weighted by atomic mass is 9.97. The lowest BCUT2D eigenvalue weighted by Gasteiger charge is -2.31. The van der Waals surface area contributed by atoms with Crippen LogP contribution < -0.4 is 5.48 Å². The number of likely N-dealkylation sites (tertiary alicyclic amines) is 1. The zero-order valence-corrected chi connectivity index (χ0v) is 20.4. The molecule has 3 aromatic rings. The highest BCUT2D eigenvalue weighted by Gasteiger charge is 2.35. The van der Waals surface area contributed by atoms with Crippen molar-refractivity contribution < 1.29 is 31.6 Å². The Morgan fingerprint density at radius 1 is 1.22 bits per heavy atom. The third-order valence-electron chi connectivity index (χ3n) is 6.45. The van der Waals surface area contributed by atoms with Gasteiger partial charge in [-0.2, -0.15) is 18.3 Å². The number of hydroxylamine groups is 1. The summed E-state index contributed by atoms with van der Waals surface area (Å²) in [5.41, 5.74) is 2.86. The number of amides is 1. The van der Waals surface area contributed by atoms with Crippen LogP contribution in [0.5, 0.6) is 0 Å². The molecule has 1 atom stereocenters. The second kappa shape index (κ2) is 9.86. The number of nitrogens with one attached hydrogen (secondary N) is 1. The van der Waals surface area contributed by atoms with Crippen molar-refractivity contribution in [2.75, 3.05) is 13.1 Å². The zero-order chi connectivity index (χ0) is 26.3. The van der Waals surface area contributed by atoms with Gasteiger partial charge in [-0.05, 0) is 44.0 Å². The average molecular weight is 540 g/mol. The average Bonchev–Trinajstić information content (AvgIpc) is 3.59. The molecule has 196 valence electrons. The van der Waals surface area contributed by atoms with E-state index in [9.17, 15) is 26.7 Å². The Morgan fingerprint density at radius 3 is 2.57 bits per heavy atom. The molecular formula is C24H22F5N5O2S. The van der Waals surface area contributed by atoms with Crippen LogP contribution in [0.25, 0.3) is 5.70 Å². The molecule has 0 saturated carbocycles. The summed E-state index contributed by atoms with van der Waals surface area (Å²) in [7, 11) is 0. The van der Waals surface area contributed by atoms with E-state index in [1.54, 1.807) is 11.0 Å². The van der Waals surface area contributed by atoms with Gasteiger partial charge in [0.15, 0.2) is 5.69 Å². The van der Waals surface area contributed by atoms with Gasteiger partial charge in [0.25, 0.3) is 0 Å². The smallest absolute Gasteiger partial charge is 0.341 e. The first-order valence-corrected chi connectivity index (χ1v) is 12.4. The fourth-order valence-corrected chi connectivity index (χ4v) is 5.41. The Hall–Kier alpha value is -3.32. The predicted octanol–water partition coefficient (Wildman–Crippen LogP) is 4.97. The molecule has 2 aliphatic heterocycles. The third-order valence-corrected chi connectivity index (χ3v) is 7.46. The fraction of sp³-hybridized carbons (Fsp3) is 0.375. The molecule has 7 nitrogen and oxygen atoms in total. The van der Waals surface area contributed by atoms with Crippen LogP contribution in [-0.2, 0) is 22.4 Å². The quantitative estimate of drug-likeness (QED) is 0.464. The minimum absolute atomic E-state index is 0.105. The number of hydrogen-bond acceptors (Lipinski definition) is 6. The number of thiazole rings is 1. The molecule has 1 N–H and O–H groups in total. The molecule has 5 rings (SSSR count). The summed E-state index contributed by atoms with van der Waals surface area (Å²) >= 11 is 1.45. The van der Waals surface area contributed by atoms with Gasteiger partial charge >= 0.3 is 6.18 Å². The van der Waals surface area contributed by atoms with Crippen molar-refractivity contribution in [3.05, 3.63) is 75.0 Å². The van der Waals surface area contributed by atoms with E-state index in [0.29, 0.717) is 37.3 Å². The number of aromatic nitrogens is 3. The first-order valence-electron chi connectivity index (χ1n) is 11.5. The molecule has 2 aromatic heterocycles. The number of hydrogen-bond donors (Lipinski definition) is 1. The highest BCUT2D eigenvalue weighted by molar-refractivity contribution is 7.09. The summed E-state index contributed by atoms with van der Waals surface area (Å²) in [5, 5.41) is 6.22. The Labute approximate surface area is 212 Å². The maximum Gasteiger partial charge on any atom is 0.435 e. The minimum Gasteiger partial charge on any atom is -0.341 e. The van der Waals surface area contributed by atoms with Crippen molar-refractivity contribution in [1.82, 2.24) is 25.1 Å². The van der Waals surface area contributed by atoms with Crippen LogP contribution in [0.2, 0.25) is 0 Å². The van der Waals surface area contributed by atoms with E-state index in [4.69, 9.17) is 4.84 Å². The summed E-state index contributed by atoms with van der Waals surface area (Å²) in [6.07, 6.45) is -2.62. The van der Waals surface area contributed by atoms with Gasteiger partial charge in [-0.25, -0.2) is 13.8 Å². The molecule has 13 heteroatoms.